The van der Waals surface area contributed by atoms with Crippen LogP contribution in [0.15, 0.2) is 33.2 Å². The van der Waals surface area contributed by atoms with Gasteiger partial charge < -0.3 is 5.11 Å². The van der Waals surface area contributed by atoms with Gasteiger partial charge in [-0.2, -0.15) is 0 Å². The van der Waals surface area contributed by atoms with Crippen LogP contribution in [0.2, 0.25) is 5.02 Å². The van der Waals surface area contributed by atoms with Gasteiger partial charge in [-0.25, -0.2) is 13.2 Å². The zero-order valence-electron chi connectivity index (χ0n) is 9.60. The van der Waals surface area contributed by atoms with Crippen molar-refractivity contribution in [2.24, 2.45) is 0 Å². The van der Waals surface area contributed by atoms with Crippen LogP contribution in [0, 0.1) is 17.5 Å². The first-order valence-corrected chi connectivity index (χ1v) is 7.25. The van der Waals surface area contributed by atoms with Crippen molar-refractivity contribution < 1.29 is 18.3 Å². The van der Waals surface area contributed by atoms with E-state index in [0.29, 0.717) is 0 Å². The minimum absolute atomic E-state index is 0.178. The molecular weight excluding hydrogens is 424 g/mol. The fourth-order valence-electron chi connectivity index (χ4n) is 1.72. The van der Waals surface area contributed by atoms with Crippen molar-refractivity contribution in [3.63, 3.8) is 0 Å². The highest BCUT2D eigenvalue weighted by molar-refractivity contribution is 9.10. The summed E-state index contributed by atoms with van der Waals surface area (Å²) in [5.74, 6) is -2.90. The molecule has 0 spiro atoms. The molecule has 0 saturated heterocycles. The molecule has 0 aromatic heterocycles. The van der Waals surface area contributed by atoms with Crippen molar-refractivity contribution in [3.8, 4) is 0 Å². The SMILES string of the molecule is OC(c1ccc(Br)c(Cl)c1F)c1c(F)cc(Br)cc1F. The van der Waals surface area contributed by atoms with E-state index in [2.05, 4.69) is 31.9 Å². The van der Waals surface area contributed by atoms with Crippen LogP contribution in [-0.2, 0) is 0 Å². The largest absolute Gasteiger partial charge is 0.383 e. The van der Waals surface area contributed by atoms with E-state index in [-0.39, 0.29) is 19.5 Å². The third-order valence-corrected chi connectivity index (χ3v) is 4.39. The average Bonchev–Trinajstić information content (AvgIpc) is 2.34. The first-order chi connectivity index (χ1) is 9.32. The third kappa shape index (κ3) is 2.88. The predicted octanol–water partition coefficient (Wildman–Crippen LogP) is 5.36. The molecule has 2 rings (SSSR count). The Morgan fingerprint density at radius 1 is 1.05 bits per heavy atom. The minimum atomic E-state index is -1.80. The van der Waals surface area contributed by atoms with E-state index in [1.807, 2.05) is 0 Å². The molecular formula is C13H6Br2ClF3O. The number of hydrogen-bond acceptors (Lipinski definition) is 1. The van der Waals surface area contributed by atoms with Gasteiger partial charge in [0.2, 0.25) is 0 Å². The van der Waals surface area contributed by atoms with Crippen molar-refractivity contribution in [1.29, 1.82) is 0 Å². The molecule has 0 heterocycles. The maximum atomic E-state index is 14.0. The zero-order valence-corrected chi connectivity index (χ0v) is 13.5. The van der Waals surface area contributed by atoms with Crippen LogP contribution in [0.4, 0.5) is 13.2 Å². The van der Waals surface area contributed by atoms with Crippen LogP contribution in [-0.4, -0.2) is 5.11 Å². The first-order valence-electron chi connectivity index (χ1n) is 5.28. The molecule has 106 valence electrons. The van der Waals surface area contributed by atoms with E-state index in [9.17, 15) is 18.3 Å². The van der Waals surface area contributed by atoms with Crippen LogP contribution in [0.3, 0.4) is 0 Å². The molecule has 2 aromatic carbocycles. The second kappa shape index (κ2) is 6.05. The standard InChI is InChI=1S/C13H6Br2ClF3O/c14-5-3-8(17)10(9(18)4-5)13(20)6-1-2-7(15)11(16)12(6)19/h1-4,13,20H. The van der Waals surface area contributed by atoms with Crippen molar-refractivity contribution in [2.45, 2.75) is 6.10 Å². The van der Waals surface area contributed by atoms with E-state index in [1.165, 1.54) is 12.1 Å². The Hall–Kier alpha value is -0.560. The summed E-state index contributed by atoms with van der Waals surface area (Å²) < 4.78 is 42.0. The van der Waals surface area contributed by atoms with Gasteiger partial charge in [-0.15, -0.1) is 0 Å². The minimum Gasteiger partial charge on any atom is -0.383 e. The Labute approximate surface area is 134 Å². The fourth-order valence-corrected chi connectivity index (χ4v) is 2.60. The number of benzene rings is 2. The van der Waals surface area contributed by atoms with Crippen molar-refractivity contribution in [1.82, 2.24) is 0 Å². The van der Waals surface area contributed by atoms with Gasteiger partial charge in [0.1, 0.15) is 23.6 Å². The van der Waals surface area contributed by atoms with Crippen LogP contribution in [0.5, 0.6) is 0 Å². The summed E-state index contributed by atoms with van der Waals surface area (Å²) >= 11 is 11.6. The topological polar surface area (TPSA) is 20.2 Å². The van der Waals surface area contributed by atoms with Crippen molar-refractivity contribution in [2.75, 3.05) is 0 Å². The lowest BCUT2D eigenvalue weighted by atomic mass is 10.00. The van der Waals surface area contributed by atoms with Gasteiger partial charge >= 0.3 is 0 Å². The van der Waals surface area contributed by atoms with Crippen LogP contribution < -0.4 is 0 Å². The smallest absolute Gasteiger partial charge is 0.149 e. The molecule has 0 saturated carbocycles. The zero-order chi connectivity index (χ0) is 15.0. The lowest BCUT2D eigenvalue weighted by Gasteiger charge is -2.15. The number of rotatable bonds is 2. The van der Waals surface area contributed by atoms with E-state index in [1.54, 1.807) is 0 Å². The Balaban J connectivity index is 2.58. The van der Waals surface area contributed by atoms with E-state index < -0.39 is 29.1 Å². The predicted molar refractivity (Wildman–Crippen MR) is 77.2 cm³/mol. The Bertz CT molecular complexity index is 656. The quantitative estimate of drug-likeness (QED) is 0.636. The second-order valence-electron chi connectivity index (χ2n) is 3.95. The number of hydrogen-bond donors (Lipinski definition) is 1. The molecule has 1 atom stereocenters. The number of halogens is 6. The van der Waals surface area contributed by atoms with Gasteiger partial charge in [0.05, 0.1) is 10.6 Å². The lowest BCUT2D eigenvalue weighted by molar-refractivity contribution is 0.204. The van der Waals surface area contributed by atoms with Crippen LogP contribution >= 0.6 is 43.5 Å². The fraction of sp³-hybridized carbons (Fsp3) is 0.0769. The molecule has 0 aliphatic heterocycles. The summed E-state index contributed by atoms with van der Waals surface area (Å²) in [7, 11) is 0. The highest BCUT2D eigenvalue weighted by atomic mass is 79.9. The van der Waals surface area contributed by atoms with Crippen LogP contribution in [0.25, 0.3) is 0 Å². The summed E-state index contributed by atoms with van der Waals surface area (Å²) in [5.41, 5.74) is -0.941. The van der Waals surface area contributed by atoms with E-state index in [0.717, 1.165) is 12.1 Å². The first kappa shape index (κ1) is 15.8. The summed E-state index contributed by atoms with van der Waals surface area (Å²) in [6.07, 6.45) is -1.80. The van der Waals surface area contributed by atoms with Gasteiger partial charge in [0, 0.05) is 14.5 Å². The Morgan fingerprint density at radius 2 is 1.60 bits per heavy atom. The van der Waals surface area contributed by atoms with Gasteiger partial charge in [-0.3, -0.25) is 0 Å². The highest BCUT2D eigenvalue weighted by Crippen LogP contribution is 2.35. The summed E-state index contributed by atoms with van der Waals surface area (Å²) in [6.45, 7) is 0. The molecule has 0 aliphatic carbocycles. The van der Waals surface area contributed by atoms with E-state index in [4.69, 9.17) is 11.6 Å². The maximum Gasteiger partial charge on any atom is 0.149 e. The summed E-state index contributed by atoms with van der Waals surface area (Å²) in [6, 6.07) is 4.57. The number of aliphatic hydroxyl groups is 1. The molecule has 0 amide bonds. The van der Waals surface area contributed by atoms with E-state index >= 15 is 0 Å². The molecule has 20 heavy (non-hydrogen) atoms. The van der Waals surface area contributed by atoms with Crippen molar-refractivity contribution >= 4 is 43.5 Å². The molecule has 0 fully saturated rings. The second-order valence-corrected chi connectivity index (χ2v) is 6.10. The molecule has 1 unspecified atom stereocenters. The summed E-state index contributed by atoms with van der Waals surface area (Å²) in [4.78, 5) is 0. The maximum absolute atomic E-state index is 14.0. The van der Waals surface area contributed by atoms with Crippen LogP contribution in [0.1, 0.15) is 17.2 Å². The van der Waals surface area contributed by atoms with Gasteiger partial charge in [0.15, 0.2) is 0 Å². The summed E-state index contributed by atoms with van der Waals surface area (Å²) in [5, 5.41) is 9.77. The van der Waals surface area contributed by atoms with Gasteiger partial charge in [-0.05, 0) is 34.1 Å². The normalized spacial score (nSPS) is 12.6. The highest BCUT2D eigenvalue weighted by Gasteiger charge is 2.24. The molecule has 0 radical (unpaired) electrons. The Morgan fingerprint density at radius 3 is 2.15 bits per heavy atom. The third-order valence-electron chi connectivity index (χ3n) is 2.68. The molecule has 0 bridgehead atoms. The molecule has 1 nitrogen and oxygen atoms in total. The monoisotopic (exact) mass is 428 g/mol. The average molecular weight is 430 g/mol. The molecule has 7 heteroatoms. The number of aliphatic hydroxyl groups excluding tert-OH is 1. The van der Waals surface area contributed by atoms with Gasteiger partial charge in [0.25, 0.3) is 0 Å². The van der Waals surface area contributed by atoms with Crippen molar-refractivity contribution in [3.05, 3.63) is 66.8 Å². The van der Waals surface area contributed by atoms with Gasteiger partial charge in [-0.1, -0.05) is 33.6 Å². The molecule has 2 aromatic rings. The Kier molecular flexibility index (Phi) is 4.79. The lowest BCUT2D eigenvalue weighted by Crippen LogP contribution is -2.08. The molecule has 1 N–H and O–H groups in total. The molecule has 0 aliphatic rings.